The van der Waals surface area contributed by atoms with Crippen LogP contribution in [0.2, 0.25) is 0 Å². The van der Waals surface area contributed by atoms with E-state index in [9.17, 15) is 4.39 Å². The molecule has 3 rings (SSSR count). The summed E-state index contributed by atoms with van der Waals surface area (Å²) < 4.78 is 13.5. The molecule has 2 saturated heterocycles. The molecule has 164 valence electrons. The smallest absolute Gasteiger partial charge is 0.191 e. The van der Waals surface area contributed by atoms with Crippen molar-refractivity contribution in [1.29, 1.82) is 0 Å². The minimum atomic E-state index is -0.156. The van der Waals surface area contributed by atoms with Gasteiger partial charge in [-0.1, -0.05) is 18.6 Å². The molecular weight excluding hydrogens is 480 g/mol. The van der Waals surface area contributed by atoms with Crippen LogP contribution in [0.15, 0.2) is 23.2 Å². The lowest BCUT2D eigenvalue weighted by Gasteiger charge is -2.50. The Morgan fingerprint density at radius 2 is 1.79 bits per heavy atom. The number of nitrogens with one attached hydrogen (secondary N) is 2. The van der Waals surface area contributed by atoms with Crippen molar-refractivity contribution in [3.05, 3.63) is 35.1 Å². The van der Waals surface area contributed by atoms with Crippen molar-refractivity contribution in [3.8, 4) is 0 Å². The van der Waals surface area contributed by atoms with Crippen LogP contribution in [0.3, 0.4) is 0 Å². The van der Waals surface area contributed by atoms with Crippen molar-refractivity contribution in [1.82, 2.24) is 20.4 Å². The molecule has 0 unspecified atom stereocenters. The van der Waals surface area contributed by atoms with Crippen molar-refractivity contribution in [2.24, 2.45) is 4.99 Å². The predicted octanol–water partition coefficient (Wildman–Crippen LogP) is 3.37. The van der Waals surface area contributed by atoms with Gasteiger partial charge in [0.2, 0.25) is 0 Å². The highest BCUT2D eigenvalue weighted by atomic mass is 127. The molecule has 0 radical (unpaired) electrons. The van der Waals surface area contributed by atoms with Gasteiger partial charge in [0.1, 0.15) is 5.82 Å². The van der Waals surface area contributed by atoms with Gasteiger partial charge in [-0.25, -0.2) is 4.39 Å². The van der Waals surface area contributed by atoms with E-state index in [1.807, 2.05) is 19.2 Å². The van der Waals surface area contributed by atoms with Crippen molar-refractivity contribution in [2.45, 2.75) is 51.1 Å². The minimum absolute atomic E-state index is 0. The second-order valence-electron chi connectivity index (χ2n) is 8.44. The van der Waals surface area contributed by atoms with E-state index in [0.717, 1.165) is 31.2 Å². The Kier molecular flexibility index (Phi) is 9.62. The molecule has 5 nitrogen and oxygen atoms in total. The Balaban J connectivity index is 0.00000300. The van der Waals surface area contributed by atoms with Crippen LogP contribution >= 0.6 is 24.0 Å². The van der Waals surface area contributed by atoms with Gasteiger partial charge in [0, 0.05) is 25.7 Å². The molecule has 0 saturated carbocycles. The predicted molar refractivity (Wildman–Crippen MR) is 130 cm³/mol. The average Bonchev–Trinajstić information content (AvgIpc) is 2.73. The highest BCUT2D eigenvalue weighted by Crippen LogP contribution is 2.30. The number of guanidine groups is 1. The topological polar surface area (TPSA) is 42.9 Å². The first-order chi connectivity index (χ1) is 13.5. The fraction of sp³-hybridized carbons (Fsp3) is 0.682. The highest BCUT2D eigenvalue weighted by molar-refractivity contribution is 14.0. The van der Waals surface area contributed by atoms with Crippen LogP contribution in [0.1, 0.15) is 43.2 Å². The normalized spacial score (nSPS) is 20.8. The lowest BCUT2D eigenvalue weighted by atomic mass is 9.84. The van der Waals surface area contributed by atoms with Gasteiger partial charge in [0.15, 0.2) is 5.96 Å². The summed E-state index contributed by atoms with van der Waals surface area (Å²) >= 11 is 0. The van der Waals surface area contributed by atoms with Crippen LogP contribution in [0.4, 0.5) is 4.39 Å². The largest absolute Gasteiger partial charge is 0.355 e. The van der Waals surface area contributed by atoms with Crippen molar-refractivity contribution in [2.75, 3.05) is 46.8 Å². The van der Waals surface area contributed by atoms with Gasteiger partial charge in [-0.15, -0.1) is 24.0 Å². The van der Waals surface area contributed by atoms with Crippen LogP contribution in [0.25, 0.3) is 0 Å². The summed E-state index contributed by atoms with van der Waals surface area (Å²) in [4.78, 5) is 9.58. The number of piperidine rings is 2. The maximum Gasteiger partial charge on any atom is 0.191 e. The number of aryl methyl sites for hydroxylation is 1. The van der Waals surface area contributed by atoms with Crippen LogP contribution in [0, 0.1) is 12.7 Å². The van der Waals surface area contributed by atoms with Crippen LogP contribution in [0.5, 0.6) is 0 Å². The first-order valence-corrected chi connectivity index (χ1v) is 10.7. The number of benzene rings is 1. The summed E-state index contributed by atoms with van der Waals surface area (Å²) in [5, 5.41) is 6.98. The van der Waals surface area contributed by atoms with E-state index in [2.05, 4.69) is 32.5 Å². The van der Waals surface area contributed by atoms with Crippen LogP contribution < -0.4 is 10.6 Å². The Labute approximate surface area is 192 Å². The number of halogens is 2. The fourth-order valence-electron chi connectivity index (χ4n) is 4.48. The fourth-order valence-corrected chi connectivity index (χ4v) is 4.48. The number of hydrogen-bond donors (Lipinski definition) is 2. The number of rotatable bonds is 5. The standard InChI is InChI=1S/C22H36FN5.HI/c1-18-15-19(7-8-20(18)23)16-25-21(24-2)26-17-22(9-13-27(3)14-10-22)28-11-5-4-6-12-28;/h7-8,15H,4-6,9-14,16-17H2,1-3H3,(H2,24,25,26);1H. The molecule has 0 spiro atoms. The zero-order chi connectivity index (χ0) is 20.0. The number of hydrogen-bond acceptors (Lipinski definition) is 3. The van der Waals surface area contributed by atoms with Gasteiger partial charge in [-0.05, 0) is 83.0 Å². The Morgan fingerprint density at radius 3 is 2.41 bits per heavy atom. The number of nitrogens with zero attached hydrogens (tertiary/aromatic N) is 3. The molecule has 1 aromatic rings. The third-order valence-corrected chi connectivity index (χ3v) is 6.44. The number of aliphatic imine (C=N–C) groups is 1. The van der Waals surface area contributed by atoms with Crippen molar-refractivity contribution < 1.29 is 4.39 Å². The maximum absolute atomic E-state index is 13.5. The summed E-state index contributed by atoms with van der Waals surface area (Å²) in [7, 11) is 4.03. The van der Waals surface area contributed by atoms with E-state index in [4.69, 9.17) is 0 Å². The van der Waals surface area contributed by atoms with Gasteiger partial charge >= 0.3 is 0 Å². The summed E-state index contributed by atoms with van der Waals surface area (Å²) in [6.45, 7) is 8.09. The van der Waals surface area contributed by atoms with Gasteiger partial charge in [-0.3, -0.25) is 9.89 Å². The van der Waals surface area contributed by atoms with Gasteiger partial charge in [0.05, 0.1) is 0 Å². The summed E-state index contributed by atoms with van der Waals surface area (Å²) in [5.74, 6) is 0.661. The first-order valence-electron chi connectivity index (χ1n) is 10.7. The quantitative estimate of drug-likeness (QED) is 0.357. The summed E-state index contributed by atoms with van der Waals surface area (Å²) in [5.41, 5.74) is 1.96. The third-order valence-electron chi connectivity index (χ3n) is 6.44. The molecule has 29 heavy (non-hydrogen) atoms. The molecule has 2 N–H and O–H groups in total. The maximum atomic E-state index is 13.5. The molecule has 0 amide bonds. The Morgan fingerprint density at radius 1 is 1.10 bits per heavy atom. The first kappa shape index (κ1) is 24.3. The molecule has 0 atom stereocenters. The van der Waals surface area contributed by atoms with E-state index in [0.29, 0.717) is 12.1 Å². The zero-order valence-corrected chi connectivity index (χ0v) is 20.5. The van der Waals surface area contributed by atoms with E-state index in [-0.39, 0.29) is 35.3 Å². The summed E-state index contributed by atoms with van der Waals surface area (Å²) in [6.07, 6.45) is 6.39. The second kappa shape index (κ2) is 11.5. The molecule has 0 aliphatic carbocycles. The van der Waals surface area contributed by atoms with Gasteiger partial charge in [0.25, 0.3) is 0 Å². The molecule has 2 aliphatic heterocycles. The van der Waals surface area contributed by atoms with Gasteiger partial charge < -0.3 is 15.5 Å². The number of likely N-dealkylation sites (tertiary alicyclic amines) is 2. The Bertz CT molecular complexity index is 667. The van der Waals surface area contributed by atoms with Gasteiger partial charge in [-0.2, -0.15) is 0 Å². The molecule has 0 bridgehead atoms. The molecular formula is C22H37FIN5. The molecule has 0 aromatic heterocycles. The van der Waals surface area contributed by atoms with Crippen molar-refractivity contribution >= 4 is 29.9 Å². The average molecular weight is 517 g/mol. The second-order valence-corrected chi connectivity index (χ2v) is 8.44. The lowest BCUT2D eigenvalue weighted by molar-refractivity contribution is 0.0173. The Hall–Kier alpha value is -0.930. The minimum Gasteiger partial charge on any atom is -0.355 e. The monoisotopic (exact) mass is 517 g/mol. The summed E-state index contributed by atoms with van der Waals surface area (Å²) in [6, 6.07) is 5.25. The molecule has 2 heterocycles. The van der Waals surface area contributed by atoms with Crippen LogP contribution in [-0.4, -0.2) is 68.1 Å². The van der Waals surface area contributed by atoms with Crippen LogP contribution in [-0.2, 0) is 6.54 Å². The molecule has 7 heteroatoms. The van der Waals surface area contributed by atoms with Crippen molar-refractivity contribution in [3.63, 3.8) is 0 Å². The highest BCUT2D eigenvalue weighted by Gasteiger charge is 2.39. The van der Waals surface area contributed by atoms with E-state index in [1.165, 1.54) is 51.3 Å². The van der Waals surface area contributed by atoms with E-state index in [1.54, 1.807) is 6.92 Å². The molecule has 2 aliphatic rings. The third kappa shape index (κ3) is 6.52. The van der Waals surface area contributed by atoms with E-state index >= 15 is 0 Å². The SMILES string of the molecule is CN=C(NCc1ccc(F)c(C)c1)NCC1(N2CCCCC2)CCN(C)CC1.I. The molecule has 1 aromatic carbocycles. The lowest BCUT2D eigenvalue weighted by Crippen LogP contribution is -2.62. The van der Waals surface area contributed by atoms with E-state index < -0.39 is 0 Å². The molecule has 2 fully saturated rings. The zero-order valence-electron chi connectivity index (χ0n) is 18.1.